The van der Waals surface area contributed by atoms with Gasteiger partial charge < -0.3 is 25.4 Å². The number of aromatic nitrogens is 1. The number of pyridine rings is 1. The minimum absolute atomic E-state index is 0.0951. The third kappa shape index (κ3) is 6.10. The van der Waals surface area contributed by atoms with Gasteiger partial charge in [-0.2, -0.15) is 13.2 Å². The molecule has 2 atom stereocenters. The van der Waals surface area contributed by atoms with Crippen molar-refractivity contribution in [2.75, 3.05) is 33.3 Å². The molecule has 1 spiro atoms. The van der Waals surface area contributed by atoms with Gasteiger partial charge in [-0.3, -0.25) is 9.59 Å². The molecule has 40 heavy (non-hydrogen) atoms. The smallest absolute Gasteiger partial charge is 0.416 e. The van der Waals surface area contributed by atoms with E-state index in [-0.39, 0.29) is 23.4 Å². The Balaban J connectivity index is 1.03. The number of nitrogens with zero attached hydrogens (tertiary/aromatic N) is 2. The number of aliphatic hydroxyl groups is 1. The third-order valence-corrected chi connectivity index (χ3v) is 8.90. The van der Waals surface area contributed by atoms with E-state index < -0.39 is 23.2 Å². The number of hydrogen-bond donors (Lipinski definition) is 3. The highest BCUT2D eigenvalue weighted by Gasteiger charge is 2.57. The maximum Gasteiger partial charge on any atom is 0.416 e. The maximum absolute atomic E-state index is 12.9. The van der Waals surface area contributed by atoms with E-state index in [1.807, 2.05) is 6.07 Å². The van der Waals surface area contributed by atoms with Crippen molar-refractivity contribution in [3.05, 3.63) is 59.3 Å². The number of halogens is 3. The molecule has 2 aliphatic carbocycles. The largest absolute Gasteiger partial charge is 0.481 e. The summed E-state index contributed by atoms with van der Waals surface area (Å²) in [7, 11) is 1.56. The topological polar surface area (TPSA) is 104 Å². The molecule has 216 valence electrons. The number of carbonyl (C=O) groups excluding carboxylic acids is 2. The fraction of sp³-hybridized carbons (Fsp3) is 0.552. The van der Waals surface area contributed by atoms with Crippen LogP contribution in [-0.4, -0.2) is 66.1 Å². The SMILES string of the molecule is COc1ccc(C2(O)CCC(NCC3C[C@]34CCN(C(=O)CNC(=O)c3cccc(C(F)(F)F)c3)C4)CC2)cn1. The quantitative estimate of drug-likeness (QED) is 0.457. The first-order chi connectivity index (χ1) is 19.0. The number of carbonyl (C=O) groups is 2. The maximum atomic E-state index is 12.9. The second-order valence-corrected chi connectivity index (χ2v) is 11.4. The number of rotatable bonds is 8. The average Bonchev–Trinajstić information content (AvgIpc) is 3.45. The summed E-state index contributed by atoms with van der Waals surface area (Å²) in [4.78, 5) is 31.0. The molecule has 0 bridgehead atoms. The summed E-state index contributed by atoms with van der Waals surface area (Å²) in [6, 6.07) is 8.13. The van der Waals surface area contributed by atoms with Gasteiger partial charge in [-0.25, -0.2) is 4.98 Å². The Morgan fingerprint density at radius 3 is 2.62 bits per heavy atom. The zero-order chi connectivity index (χ0) is 28.5. The first-order valence-corrected chi connectivity index (χ1v) is 13.7. The lowest BCUT2D eigenvalue weighted by molar-refractivity contribution is -0.137. The summed E-state index contributed by atoms with van der Waals surface area (Å²) in [6.45, 7) is 1.86. The first kappa shape index (κ1) is 28.4. The highest BCUT2D eigenvalue weighted by Crippen LogP contribution is 2.58. The molecule has 0 radical (unpaired) electrons. The predicted molar refractivity (Wildman–Crippen MR) is 140 cm³/mol. The lowest BCUT2D eigenvalue weighted by Gasteiger charge is -2.36. The first-order valence-electron chi connectivity index (χ1n) is 13.7. The number of alkyl halides is 3. The lowest BCUT2D eigenvalue weighted by Crippen LogP contribution is -2.41. The molecule has 11 heteroatoms. The molecular formula is C29H35F3N4O4. The van der Waals surface area contributed by atoms with Gasteiger partial charge in [-0.1, -0.05) is 6.07 Å². The van der Waals surface area contributed by atoms with Crippen LogP contribution < -0.4 is 15.4 Å². The van der Waals surface area contributed by atoms with E-state index in [1.165, 1.54) is 12.1 Å². The van der Waals surface area contributed by atoms with Crippen LogP contribution in [0.1, 0.15) is 60.0 Å². The van der Waals surface area contributed by atoms with Gasteiger partial charge >= 0.3 is 6.18 Å². The highest BCUT2D eigenvalue weighted by molar-refractivity contribution is 5.96. The van der Waals surface area contributed by atoms with Crippen LogP contribution in [0.15, 0.2) is 42.6 Å². The van der Waals surface area contributed by atoms with E-state index >= 15 is 0 Å². The Hall–Kier alpha value is -3.18. The number of benzene rings is 1. The van der Waals surface area contributed by atoms with Gasteiger partial charge in [-0.05, 0) is 80.7 Å². The van der Waals surface area contributed by atoms with Gasteiger partial charge in [0.2, 0.25) is 11.8 Å². The number of ether oxygens (including phenoxy) is 1. The van der Waals surface area contributed by atoms with Crippen molar-refractivity contribution >= 4 is 11.8 Å². The molecular weight excluding hydrogens is 525 g/mol. The van der Waals surface area contributed by atoms with E-state index in [9.17, 15) is 27.9 Å². The molecule has 1 aromatic heterocycles. The van der Waals surface area contributed by atoms with Crippen molar-refractivity contribution < 1.29 is 32.6 Å². The monoisotopic (exact) mass is 560 g/mol. The molecule has 1 aliphatic heterocycles. The Morgan fingerprint density at radius 2 is 1.95 bits per heavy atom. The molecule has 3 N–H and O–H groups in total. The van der Waals surface area contributed by atoms with Crippen LogP contribution in [-0.2, 0) is 16.6 Å². The fourth-order valence-corrected chi connectivity index (χ4v) is 6.21. The van der Waals surface area contributed by atoms with Crippen molar-refractivity contribution in [3.8, 4) is 5.88 Å². The summed E-state index contributed by atoms with van der Waals surface area (Å²) in [5, 5.41) is 17.3. The van der Waals surface area contributed by atoms with Crippen LogP contribution >= 0.6 is 0 Å². The molecule has 8 nitrogen and oxygen atoms in total. The summed E-state index contributed by atoms with van der Waals surface area (Å²) in [6.07, 6.45) is 2.12. The van der Waals surface area contributed by atoms with Crippen molar-refractivity contribution in [1.29, 1.82) is 0 Å². The third-order valence-electron chi connectivity index (χ3n) is 8.90. The van der Waals surface area contributed by atoms with E-state index in [0.29, 0.717) is 43.8 Å². The van der Waals surface area contributed by atoms with Crippen molar-refractivity contribution in [1.82, 2.24) is 20.5 Å². The summed E-state index contributed by atoms with van der Waals surface area (Å²) in [5.41, 5.74) is -0.996. The minimum Gasteiger partial charge on any atom is -0.481 e. The second-order valence-electron chi connectivity index (χ2n) is 11.4. The van der Waals surface area contributed by atoms with Gasteiger partial charge in [0.25, 0.3) is 5.91 Å². The Morgan fingerprint density at radius 1 is 1.18 bits per heavy atom. The molecule has 2 saturated carbocycles. The zero-order valence-electron chi connectivity index (χ0n) is 22.5. The van der Waals surface area contributed by atoms with Gasteiger partial charge in [0.1, 0.15) is 0 Å². The lowest BCUT2D eigenvalue weighted by atomic mass is 9.78. The number of amides is 2. The Labute approximate surface area is 231 Å². The summed E-state index contributed by atoms with van der Waals surface area (Å²) >= 11 is 0. The van der Waals surface area contributed by atoms with Crippen LogP contribution in [0.2, 0.25) is 0 Å². The predicted octanol–water partition coefficient (Wildman–Crippen LogP) is 3.50. The van der Waals surface area contributed by atoms with E-state index in [0.717, 1.165) is 49.9 Å². The molecule has 1 aromatic carbocycles. The standard InChI is InChI=1S/C29H35F3N4O4/c1-40-24-6-5-21(15-34-24)28(39)9-7-23(8-10-28)33-16-22-14-27(22)11-12-36(18-27)25(37)17-35-26(38)19-3-2-4-20(13-19)29(30,31)32/h2-6,13,15,22-23,33,39H,7-12,14,16-18H2,1H3,(H,35,38)/t22?,23?,27-,28?/m0/s1. The molecule has 2 amide bonds. The van der Waals surface area contributed by atoms with Gasteiger partial charge in [-0.15, -0.1) is 0 Å². The zero-order valence-corrected chi connectivity index (χ0v) is 22.5. The van der Waals surface area contributed by atoms with E-state index in [4.69, 9.17) is 4.74 Å². The molecule has 1 saturated heterocycles. The second kappa shape index (κ2) is 11.0. The fourth-order valence-electron chi connectivity index (χ4n) is 6.21. The van der Waals surface area contributed by atoms with Crippen LogP contribution in [0.4, 0.5) is 13.2 Å². The van der Waals surface area contributed by atoms with Crippen LogP contribution in [0.5, 0.6) is 5.88 Å². The Kier molecular flexibility index (Phi) is 7.80. The highest BCUT2D eigenvalue weighted by atomic mass is 19.4. The van der Waals surface area contributed by atoms with Crippen LogP contribution in [0, 0.1) is 11.3 Å². The van der Waals surface area contributed by atoms with E-state index in [2.05, 4.69) is 15.6 Å². The number of hydrogen-bond acceptors (Lipinski definition) is 6. The molecule has 3 fully saturated rings. The van der Waals surface area contributed by atoms with Crippen molar-refractivity contribution in [3.63, 3.8) is 0 Å². The molecule has 3 aliphatic rings. The number of nitrogens with one attached hydrogen (secondary N) is 2. The van der Waals surface area contributed by atoms with E-state index in [1.54, 1.807) is 24.3 Å². The molecule has 5 rings (SSSR count). The normalized spacial score (nSPS) is 28.0. The average molecular weight is 561 g/mol. The molecule has 2 heterocycles. The van der Waals surface area contributed by atoms with Gasteiger partial charge in [0.15, 0.2) is 0 Å². The van der Waals surface area contributed by atoms with Crippen molar-refractivity contribution in [2.45, 2.75) is 56.3 Å². The van der Waals surface area contributed by atoms with Crippen molar-refractivity contribution in [2.24, 2.45) is 11.3 Å². The summed E-state index contributed by atoms with van der Waals surface area (Å²) < 4.78 is 43.9. The van der Waals surface area contributed by atoms with Gasteiger partial charge in [0, 0.05) is 42.5 Å². The van der Waals surface area contributed by atoms with Crippen LogP contribution in [0.25, 0.3) is 0 Å². The number of methoxy groups -OCH3 is 1. The van der Waals surface area contributed by atoms with Gasteiger partial charge in [0.05, 0.1) is 24.8 Å². The molecule has 1 unspecified atom stereocenters. The summed E-state index contributed by atoms with van der Waals surface area (Å²) in [5.74, 6) is 0.0598. The molecule has 2 aromatic rings. The minimum atomic E-state index is -4.54. The van der Waals surface area contributed by atoms with Crippen LogP contribution in [0.3, 0.4) is 0 Å². The Bertz CT molecular complexity index is 1230. The number of likely N-dealkylation sites (tertiary alicyclic amines) is 1.